The monoisotopic (exact) mass is 426 g/mol. The summed E-state index contributed by atoms with van der Waals surface area (Å²) in [7, 11) is 0. The summed E-state index contributed by atoms with van der Waals surface area (Å²) < 4.78 is 5.13. The van der Waals surface area contributed by atoms with Gasteiger partial charge in [0.2, 0.25) is 0 Å². The van der Waals surface area contributed by atoms with Gasteiger partial charge >= 0.3 is 5.97 Å². The normalized spacial score (nSPS) is 11.9. The third-order valence-electron chi connectivity index (χ3n) is 3.90. The smallest absolute Gasteiger partial charge is 0.331 e. The molecule has 3 N–H and O–H groups in total. The van der Waals surface area contributed by atoms with Crippen molar-refractivity contribution < 1.29 is 19.1 Å². The lowest BCUT2D eigenvalue weighted by molar-refractivity contribution is -0.148. The number of amides is 2. The number of anilines is 1. The van der Waals surface area contributed by atoms with Gasteiger partial charge in [0.25, 0.3) is 11.8 Å². The molecule has 0 saturated carbocycles. The zero-order valence-electron chi connectivity index (χ0n) is 15.5. The number of nitrogens with two attached hydrogens (primary N) is 1. The SMILES string of the molecule is CC(OC(=O)/C=C/c1ccc(-c2ccccc2)s1)C(=O)Nc1sccc1C(N)=O. The summed E-state index contributed by atoms with van der Waals surface area (Å²) in [5, 5.41) is 4.52. The Morgan fingerprint density at radius 1 is 1.10 bits per heavy atom. The highest BCUT2D eigenvalue weighted by Crippen LogP contribution is 2.28. The third-order valence-corrected chi connectivity index (χ3v) is 5.83. The van der Waals surface area contributed by atoms with Crippen LogP contribution in [0.1, 0.15) is 22.2 Å². The minimum Gasteiger partial charge on any atom is -0.449 e. The fourth-order valence-corrected chi connectivity index (χ4v) is 4.14. The Morgan fingerprint density at radius 3 is 2.59 bits per heavy atom. The Morgan fingerprint density at radius 2 is 1.86 bits per heavy atom. The Bertz CT molecular complexity index is 1050. The molecule has 148 valence electrons. The number of thiophene rings is 2. The zero-order valence-corrected chi connectivity index (χ0v) is 17.1. The van der Waals surface area contributed by atoms with Crippen molar-refractivity contribution in [2.24, 2.45) is 5.73 Å². The van der Waals surface area contributed by atoms with Gasteiger partial charge in [0, 0.05) is 15.8 Å². The van der Waals surface area contributed by atoms with Crippen LogP contribution in [0.5, 0.6) is 0 Å². The van der Waals surface area contributed by atoms with Crippen molar-refractivity contribution in [3.63, 3.8) is 0 Å². The maximum atomic E-state index is 12.2. The quantitative estimate of drug-likeness (QED) is 0.438. The lowest BCUT2D eigenvalue weighted by Crippen LogP contribution is -2.29. The average molecular weight is 427 g/mol. The Kier molecular flexibility index (Phi) is 6.58. The second kappa shape index (κ2) is 9.31. The molecule has 1 aromatic carbocycles. The molecule has 0 aliphatic carbocycles. The minimum atomic E-state index is -1.03. The van der Waals surface area contributed by atoms with E-state index >= 15 is 0 Å². The first-order valence-electron chi connectivity index (χ1n) is 8.66. The second-order valence-electron chi connectivity index (χ2n) is 6.00. The van der Waals surface area contributed by atoms with Gasteiger partial charge in [-0.15, -0.1) is 22.7 Å². The molecule has 1 unspecified atom stereocenters. The highest BCUT2D eigenvalue weighted by Gasteiger charge is 2.19. The number of rotatable bonds is 7. The Balaban J connectivity index is 1.56. The molecule has 2 amide bonds. The van der Waals surface area contributed by atoms with Crippen LogP contribution in [0.4, 0.5) is 5.00 Å². The standard InChI is InChI=1S/C21H18N2O4S2/c1-13(20(26)23-21-16(19(22)25)11-12-28-21)27-18(24)10-8-15-7-9-17(29-15)14-5-3-2-4-6-14/h2-13H,1H3,(H2,22,25)(H,23,26)/b10-8+. The molecule has 29 heavy (non-hydrogen) atoms. The van der Waals surface area contributed by atoms with E-state index < -0.39 is 23.9 Å². The maximum absolute atomic E-state index is 12.2. The van der Waals surface area contributed by atoms with Gasteiger partial charge in [0.05, 0.1) is 5.56 Å². The van der Waals surface area contributed by atoms with E-state index in [9.17, 15) is 14.4 Å². The van der Waals surface area contributed by atoms with E-state index in [1.54, 1.807) is 22.8 Å². The molecule has 2 heterocycles. The van der Waals surface area contributed by atoms with Crippen molar-refractivity contribution >= 4 is 51.5 Å². The van der Waals surface area contributed by atoms with Crippen LogP contribution in [0.3, 0.4) is 0 Å². The average Bonchev–Trinajstić information content (AvgIpc) is 3.36. The number of carbonyl (C=O) groups excluding carboxylic acids is 3. The van der Waals surface area contributed by atoms with E-state index in [1.165, 1.54) is 19.1 Å². The largest absolute Gasteiger partial charge is 0.449 e. The van der Waals surface area contributed by atoms with Gasteiger partial charge < -0.3 is 15.8 Å². The highest BCUT2D eigenvalue weighted by atomic mass is 32.1. The number of primary amides is 1. The molecule has 0 aliphatic rings. The van der Waals surface area contributed by atoms with Crippen molar-refractivity contribution in [1.82, 2.24) is 0 Å². The summed E-state index contributed by atoms with van der Waals surface area (Å²) in [4.78, 5) is 37.5. The van der Waals surface area contributed by atoms with Crippen molar-refractivity contribution in [3.8, 4) is 10.4 Å². The molecule has 0 bridgehead atoms. The fraction of sp³-hybridized carbons (Fsp3) is 0.0952. The van der Waals surface area contributed by atoms with E-state index in [0.717, 1.165) is 26.7 Å². The van der Waals surface area contributed by atoms with E-state index in [2.05, 4.69) is 5.32 Å². The van der Waals surface area contributed by atoms with Crippen LogP contribution in [0.2, 0.25) is 0 Å². The highest BCUT2D eigenvalue weighted by molar-refractivity contribution is 7.16. The Labute approximate surface area is 175 Å². The van der Waals surface area contributed by atoms with Gasteiger partial charge in [0.1, 0.15) is 5.00 Å². The maximum Gasteiger partial charge on any atom is 0.331 e. The van der Waals surface area contributed by atoms with Gasteiger partial charge in [-0.3, -0.25) is 9.59 Å². The van der Waals surface area contributed by atoms with Gasteiger partial charge in [-0.2, -0.15) is 0 Å². The molecule has 0 spiro atoms. The van der Waals surface area contributed by atoms with Gasteiger partial charge in [-0.05, 0) is 42.1 Å². The van der Waals surface area contributed by atoms with Crippen LogP contribution < -0.4 is 11.1 Å². The zero-order chi connectivity index (χ0) is 20.8. The molecule has 0 radical (unpaired) electrons. The summed E-state index contributed by atoms with van der Waals surface area (Å²) in [5.41, 5.74) is 6.57. The predicted octanol–water partition coefficient (Wildman–Crippen LogP) is 4.16. The molecule has 1 atom stereocenters. The van der Waals surface area contributed by atoms with Gasteiger partial charge in [0.15, 0.2) is 6.10 Å². The predicted molar refractivity (Wildman–Crippen MR) is 116 cm³/mol. The first-order valence-corrected chi connectivity index (χ1v) is 10.4. The van der Waals surface area contributed by atoms with Crippen LogP contribution in [0, 0.1) is 0 Å². The topological polar surface area (TPSA) is 98.5 Å². The molecular formula is C21H18N2O4S2. The van der Waals surface area contributed by atoms with Gasteiger partial charge in [-0.25, -0.2) is 4.79 Å². The molecule has 0 aliphatic heterocycles. The summed E-state index contributed by atoms with van der Waals surface area (Å²) >= 11 is 2.71. The van der Waals surface area contributed by atoms with Crippen molar-refractivity contribution in [1.29, 1.82) is 0 Å². The molecule has 6 nitrogen and oxygen atoms in total. The van der Waals surface area contributed by atoms with E-state index in [-0.39, 0.29) is 5.56 Å². The summed E-state index contributed by atoms with van der Waals surface area (Å²) in [5.74, 6) is -1.82. The fourth-order valence-electron chi connectivity index (χ4n) is 2.43. The van der Waals surface area contributed by atoms with Crippen LogP contribution >= 0.6 is 22.7 Å². The van der Waals surface area contributed by atoms with E-state index in [4.69, 9.17) is 10.5 Å². The molecule has 0 saturated heterocycles. The van der Waals surface area contributed by atoms with Crippen molar-refractivity contribution in [2.45, 2.75) is 13.0 Å². The second-order valence-corrected chi connectivity index (χ2v) is 8.03. The van der Waals surface area contributed by atoms with E-state index in [1.807, 2.05) is 42.5 Å². The molecular weight excluding hydrogens is 408 g/mol. The molecule has 2 aromatic heterocycles. The number of esters is 1. The first kappa shape index (κ1) is 20.5. The lowest BCUT2D eigenvalue weighted by atomic mass is 10.2. The number of hydrogen-bond donors (Lipinski definition) is 2. The summed E-state index contributed by atoms with van der Waals surface area (Å²) in [6, 6.07) is 15.3. The lowest BCUT2D eigenvalue weighted by Gasteiger charge is -2.12. The van der Waals surface area contributed by atoms with Gasteiger partial charge in [-0.1, -0.05) is 30.3 Å². The third kappa shape index (κ3) is 5.40. The van der Waals surface area contributed by atoms with Crippen LogP contribution in [0.25, 0.3) is 16.5 Å². The molecule has 8 heteroatoms. The van der Waals surface area contributed by atoms with Crippen LogP contribution in [-0.4, -0.2) is 23.9 Å². The van der Waals surface area contributed by atoms with Crippen LogP contribution in [0.15, 0.2) is 60.0 Å². The molecule has 0 fully saturated rings. The number of hydrogen-bond acceptors (Lipinski definition) is 6. The van der Waals surface area contributed by atoms with Crippen molar-refractivity contribution in [3.05, 3.63) is 70.4 Å². The van der Waals surface area contributed by atoms with Crippen LogP contribution in [-0.2, 0) is 14.3 Å². The number of nitrogens with one attached hydrogen (secondary N) is 1. The number of carbonyl (C=O) groups is 3. The molecule has 3 rings (SSSR count). The first-order chi connectivity index (χ1) is 13.9. The summed E-state index contributed by atoms with van der Waals surface area (Å²) in [6.07, 6.45) is 1.90. The molecule has 3 aromatic rings. The van der Waals surface area contributed by atoms with E-state index in [0.29, 0.717) is 5.00 Å². The Hall–Kier alpha value is -3.23. The number of ether oxygens (including phenoxy) is 1. The minimum absolute atomic E-state index is 0.216. The number of benzene rings is 1. The van der Waals surface area contributed by atoms with Crippen molar-refractivity contribution in [2.75, 3.05) is 5.32 Å². The summed E-state index contributed by atoms with van der Waals surface area (Å²) in [6.45, 7) is 1.46.